The normalized spacial score (nSPS) is 14.1. The molecular formula is C16H12Cl2O2. The minimum absolute atomic E-state index is 0.311. The predicted octanol–water partition coefficient (Wildman–Crippen LogP) is 5.01. The van der Waals surface area contributed by atoms with Crippen LogP contribution in [0.15, 0.2) is 36.4 Å². The van der Waals surface area contributed by atoms with E-state index in [0.29, 0.717) is 27.5 Å². The molecule has 0 unspecified atom stereocenters. The standard InChI is InChI=1S/C16H12Cl2O2/c17-13-6-10(9-19)5-12(7-13)11-1-4-16(15(18)8-11)20-14-2-3-14/h1,4-9,14H,2-3H2. The van der Waals surface area contributed by atoms with Gasteiger partial charge in [0.05, 0.1) is 11.1 Å². The smallest absolute Gasteiger partial charge is 0.150 e. The van der Waals surface area contributed by atoms with Gasteiger partial charge < -0.3 is 4.74 Å². The van der Waals surface area contributed by atoms with Crippen molar-refractivity contribution >= 4 is 29.5 Å². The van der Waals surface area contributed by atoms with Crippen LogP contribution < -0.4 is 4.74 Å². The van der Waals surface area contributed by atoms with Gasteiger partial charge >= 0.3 is 0 Å². The van der Waals surface area contributed by atoms with E-state index in [-0.39, 0.29) is 0 Å². The average molecular weight is 307 g/mol. The van der Waals surface area contributed by atoms with Crippen LogP contribution in [-0.2, 0) is 0 Å². The molecule has 0 atom stereocenters. The summed E-state index contributed by atoms with van der Waals surface area (Å²) in [6.45, 7) is 0. The summed E-state index contributed by atoms with van der Waals surface area (Å²) in [5, 5.41) is 1.10. The Balaban J connectivity index is 1.95. The van der Waals surface area contributed by atoms with Gasteiger partial charge in [-0.3, -0.25) is 4.79 Å². The van der Waals surface area contributed by atoms with Gasteiger partial charge in [0, 0.05) is 10.6 Å². The molecule has 0 aliphatic heterocycles. The van der Waals surface area contributed by atoms with Gasteiger partial charge in [0.1, 0.15) is 12.0 Å². The first kappa shape index (κ1) is 13.5. The Morgan fingerprint density at radius 1 is 1.05 bits per heavy atom. The Morgan fingerprint density at radius 3 is 2.50 bits per heavy atom. The van der Waals surface area contributed by atoms with Crippen molar-refractivity contribution in [3.05, 3.63) is 52.0 Å². The van der Waals surface area contributed by atoms with Crippen LogP contribution in [0.4, 0.5) is 0 Å². The Bertz CT molecular complexity index is 664. The molecule has 0 radical (unpaired) electrons. The molecular weight excluding hydrogens is 295 g/mol. The van der Waals surface area contributed by atoms with Gasteiger partial charge in [-0.05, 0) is 54.3 Å². The summed E-state index contributed by atoms with van der Waals surface area (Å²) in [5.74, 6) is 0.704. The molecule has 0 spiro atoms. The van der Waals surface area contributed by atoms with Crippen LogP contribution >= 0.6 is 23.2 Å². The third-order valence-corrected chi connectivity index (χ3v) is 3.65. The maximum atomic E-state index is 10.9. The van der Waals surface area contributed by atoms with Crippen molar-refractivity contribution in [3.63, 3.8) is 0 Å². The van der Waals surface area contributed by atoms with E-state index in [4.69, 9.17) is 27.9 Å². The minimum Gasteiger partial charge on any atom is -0.489 e. The van der Waals surface area contributed by atoms with Crippen LogP contribution in [0.2, 0.25) is 10.0 Å². The van der Waals surface area contributed by atoms with Crippen molar-refractivity contribution in [3.8, 4) is 16.9 Å². The lowest BCUT2D eigenvalue weighted by atomic mass is 10.0. The van der Waals surface area contributed by atoms with Crippen LogP contribution in [0.5, 0.6) is 5.75 Å². The molecule has 2 nitrogen and oxygen atoms in total. The summed E-state index contributed by atoms with van der Waals surface area (Å²) in [6, 6.07) is 10.8. The second-order valence-corrected chi connectivity index (χ2v) is 5.70. The van der Waals surface area contributed by atoms with Gasteiger partial charge in [0.25, 0.3) is 0 Å². The monoisotopic (exact) mass is 306 g/mol. The molecule has 0 aromatic heterocycles. The van der Waals surface area contributed by atoms with Gasteiger partial charge in [-0.15, -0.1) is 0 Å². The molecule has 0 amide bonds. The first-order chi connectivity index (χ1) is 9.65. The van der Waals surface area contributed by atoms with Crippen LogP contribution in [0.3, 0.4) is 0 Å². The zero-order valence-corrected chi connectivity index (χ0v) is 12.1. The zero-order chi connectivity index (χ0) is 14.1. The van der Waals surface area contributed by atoms with Gasteiger partial charge in [-0.25, -0.2) is 0 Å². The van der Waals surface area contributed by atoms with E-state index in [9.17, 15) is 4.79 Å². The molecule has 0 N–H and O–H groups in total. The lowest BCUT2D eigenvalue weighted by Gasteiger charge is -2.09. The van der Waals surface area contributed by atoms with Crippen LogP contribution in [-0.4, -0.2) is 12.4 Å². The highest BCUT2D eigenvalue weighted by atomic mass is 35.5. The van der Waals surface area contributed by atoms with E-state index < -0.39 is 0 Å². The Labute approximate surface area is 127 Å². The van der Waals surface area contributed by atoms with Crippen molar-refractivity contribution in [2.75, 3.05) is 0 Å². The fraction of sp³-hybridized carbons (Fsp3) is 0.188. The van der Waals surface area contributed by atoms with E-state index in [1.54, 1.807) is 12.1 Å². The van der Waals surface area contributed by atoms with Crippen molar-refractivity contribution in [2.24, 2.45) is 0 Å². The molecule has 2 aromatic carbocycles. The maximum Gasteiger partial charge on any atom is 0.150 e. The van der Waals surface area contributed by atoms with Gasteiger partial charge in [-0.2, -0.15) is 0 Å². The molecule has 4 heteroatoms. The second kappa shape index (κ2) is 5.47. The average Bonchev–Trinajstić information content (AvgIpc) is 3.24. The second-order valence-electron chi connectivity index (χ2n) is 4.85. The fourth-order valence-corrected chi connectivity index (χ4v) is 2.46. The fourth-order valence-electron chi connectivity index (χ4n) is 1.99. The Kier molecular flexibility index (Phi) is 3.68. The number of hydrogen-bond donors (Lipinski definition) is 0. The topological polar surface area (TPSA) is 26.3 Å². The van der Waals surface area contributed by atoms with E-state index >= 15 is 0 Å². The van der Waals surface area contributed by atoms with Crippen LogP contribution in [0.25, 0.3) is 11.1 Å². The number of carbonyl (C=O) groups excluding carboxylic acids is 1. The third-order valence-electron chi connectivity index (χ3n) is 3.14. The molecule has 1 aliphatic rings. The first-order valence-corrected chi connectivity index (χ1v) is 7.13. The molecule has 1 fully saturated rings. The molecule has 0 bridgehead atoms. The van der Waals surface area contributed by atoms with E-state index in [1.807, 2.05) is 24.3 Å². The van der Waals surface area contributed by atoms with Crippen molar-refractivity contribution in [2.45, 2.75) is 18.9 Å². The van der Waals surface area contributed by atoms with E-state index in [2.05, 4.69) is 0 Å². The quantitative estimate of drug-likeness (QED) is 0.742. The number of benzene rings is 2. The molecule has 20 heavy (non-hydrogen) atoms. The summed E-state index contributed by atoms with van der Waals surface area (Å²) >= 11 is 12.2. The number of aldehydes is 1. The molecule has 0 saturated heterocycles. The highest BCUT2D eigenvalue weighted by Crippen LogP contribution is 2.35. The highest BCUT2D eigenvalue weighted by Gasteiger charge is 2.24. The van der Waals surface area contributed by atoms with Gasteiger partial charge in [0.15, 0.2) is 0 Å². The molecule has 102 valence electrons. The number of rotatable bonds is 4. The van der Waals surface area contributed by atoms with E-state index in [1.165, 1.54) is 0 Å². The summed E-state index contributed by atoms with van der Waals surface area (Å²) in [6.07, 6.45) is 3.28. The van der Waals surface area contributed by atoms with Crippen molar-refractivity contribution < 1.29 is 9.53 Å². The first-order valence-electron chi connectivity index (χ1n) is 6.38. The number of carbonyl (C=O) groups is 1. The van der Waals surface area contributed by atoms with Crippen molar-refractivity contribution in [1.29, 1.82) is 0 Å². The molecule has 3 rings (SSSR count). The SMILES string of the molecule is O=Cc1cc(Cl)cc(-c2ccc(OC3CC3)c(Cl)c2)c1. The lowest BCUT2D eigenvalue weighted by Crippen LogP contribution is -1.96. The predicted molar refractivity (Wildman–Crippen MR) is 80.9 cm³/mol. The summed E-state index contributed by atoms with van der Waals surface area (Å²) in [7, 11) is 0. The maximum absolute atomic E-state index is 10.9. The van der Waals surface area contributed by atoms with Crippen LogP contribution in [0.1, 0.15) is 23.2 Å². The summed E-state index contributed by atoms with van der Waals surface area (Å²) in [4.78, 5) is 10.9. The molecule has 0 heterocycles. The Hall–Kier alpha value is -1.51. The third kappa shape index (κ3) is 2.97. The van der Waals surface area contributed by atoms with Gasteiger partial charge in [0.2, 0.25) is 0 Å². The number of halogens is 2. The number of ether oxygens (including phenoxy) is 1. The highest BCUT2D eigenvalue weighted by molar-refractivity contribution is 6.32. The minimum atomic E-state index is 0.311. The van der Waals surface area contributed by atoms with Gasteiger partial charge in [-0.1, -0.05) is 29.3 Å². The summed E-state index contributed by atoms with van der Waals surface area (Å²) < 4.78 is 5.70. The Morgan fingerprint density at radius 2 is 1.85 bits per heavy atom. The largest absolute Gasteiger partial charge is 0.489 e. The van der Waals surface area contributed by atoms with Crippen molar-refractivity contribution in [1.82, 2.24) is 0 Å². The molecule has 2 aromatic rings. The number of hydrogen-bond acceptors (Lipinski definition) is 2. The summed E-state index contributed by atoms with van der Waals surface area (Å²) in [5.41, 5.74) is 2.31. The molecule has 1 saturated carbocycles. The van der Waals surface area contributed by atoms with Crippen LogP contribution in [0, 0.1) is 0 Å². The molecule has 1 aliphatic carbocycles. The zero-order valence-electron chi connectivity index (χ0n) is 10.6. The lowest BCUT2D eigenvalue weighted by molar-refractivity contribution is 0.112. The van der Waals surface area contributed by atoms with E-state index in [0.717, 1.165) is 30.3 Å².